The molecule has 0 unspecified atom stereocenters. The number of nitrogens with zero attached hydrogens (tertiary/aromatic N) is 4. The lowest BCUT2D eigenvalue weighted by molar-refractivity contribution is -0.138. The molecule has 8 heteroatoms. The van der Waals surface area contributed by atoms with Crippen molar-refractivity contribution >= 4 is 35.0 Å². The van der Waals surface area contributed by atoms with Crippen molar-refractivity contribution in [1.82, 2.24) is 9.80 Å². The van der Waals surface area contributed by atoms with E-state index in [9.17, 15) is 19.2 Å². The van der Waals surface area contributed by atoms with E-state index >= 15 is 0 Å². The zero-order chi connectivity index (χ0) is 25.8. The van der Waals surface area contributed by atoms with E-state index < -0.39 is 11.7 Å². The molecule has 186 valence electrons. The molecule has 36 heavy (non-hydrogen) atoms. The number of carbonyl (C=O) groups is 2. The van der Waals surface area contributed by atoms with Crippen LogP contribution in [0, 0.1) is 30.0 Å². The van der Waals surface area contributed by atoms with Crippen LogP contribution in [0.15, 0.2) is 64.5 Å². The Labute approximate surface area is 215 Å². The molecule has 0 aliphatic carbocycles. The van der Waals surface area contributed by atoms with Crippen molar-refractivity contribution in [3.8, 4) is 6.07 Å². The summed E-state index contributed by atoms with van der Waals surface area (Å²) in [7, 11) is 0. The summed E-state index contributed by atoms with van der Waals surface area (Å²) >= 11 is 1.24. The number of anilines is 1. The zero-order valence-electron chi connectivity index (χ0n) is 20.7. The lowest BCUT2D eigenvalue weighted by Crippen LogP contribution is -2.51. The van der Waals surface area contributed by atoms with Crippen LogP contribution in [0.1, 0.15) is 31.4 Å². The summed E-state index contributed by atoms with van der Waals surface area (Å²) in [6.45, 7) is 7.56. The van der Waals surface area contributed by atoms with Crippen LogP contribution in [0.4, 0.5) is 10.1 Å². The van der Waals surface area contributed by atoms with Crippen LogP contribution in [-0.2, 0) is 9.59 Å². The average molecular weight is 505 g/mol. The number of halogens is 1. The Kier molecular flexibility index (Phi) is 7.80. The van der Waals surface area contributed by atoms with Crippen molar-refractivity contribution in [1.29, 1.82) is 5.26 Å². The van der Waals surface area contributed by atoms with Gasteiger partial charge in [0.15, 0.2) is 0 Å². The van der Waals surface area contributed by atoms with Gasteiger partial charge in [-0.3, -0.25) is 14.5 Å². The molecule has 0 atom stereocenters. The first-order valence-corrected chi connectivity index (χ1v) is 12.9. The summed E-state index contributed by atoms with van der Waals surface area (Å²) in [4.78, 5) is 31.0. The lowest BCUT2D eigenvalue weighted by atomic mass is 10.1. The van der Waals surface area contributed by atoms with E-state index in [1.54, 1.807) is 32.9 Å². The maximum absolute atomic E-state index is 15.0. The molecular weight excluding hydrogens is 475 g/mol. The van der Waals surface area contributed by atoms with Crippen LogP contribution < -0.4 is 4.90 Å². The van der Waals surface area contributed by atoms with E-state index in [2.05, 4.69) is 6.07 Å². The predicted octanol–water partition coefficient (Wildman–Crippen LogP) is 5.14. The second-order valence-electron chi connectivity index (χ2n) is 9.34. The Balaban J connectivity index is 1.64. The normalized spacial score (nSPS) is 17.2. The first-order valence-electron chi connectivity index (χ1n) is 12.0. The number of nitriles is 1. The minimum absolute atomic E-state index is 0.0384. The van der Waals surface area contributed by atoms with Crippen molar-refractivity contribution in [3.05, 3.63) is 81.5 Å². The van der Waals surface area contributed by atoms with E-state index in [4.69, 9.17) is 0 Å². The number of hydrogen-bond acceptors (Lipinski definition) is 5. The van der Waals surface area contributed by atoms with Gasteiger partial charge in [-0.1, -0.05) is 67.6 Å². The maximum atomic E-state index is 15.0. The fraction of sp³-hybridized carbons (Fsp3) is 0.321. The number of carbonyl (C=O) groups excluding carboxylic acids is 2. The van der Waals surface area contributed by atoms with E-state index in [1.807, 2.05) is 50.4 Å². The highest BCUT2D eigenvalue weighted by Gasteiger charge is 2.34. The van der Waals surface area contributed by atoms with Gasteiger partial charge in [0.25, 0.3) is 5.91 Å². The first kappa shape index (κ1) is 25.5. The van der Waals surface area contributed by atoms with Gasteiger partial charge in [0.05, 0.1) is 11.4 Å². The van der Waals surface area contributed by atoms with Crippen molar-refractivity contribution < 1.29 is 14.0 Å². The number of amides is 2. The topological polar surface area (TPSA) is 67.6 Å². The summed E-state index contributed by atoms with van der Waals surface area (Å²) in [5.41, 5.74) is 2.88. The first-order chi connectivity index (χ1) is 17.3. The third-order valence-corrected chi connectivity index (χ3v) is 7.16. The minimum atomic E-state index is -0.447. The number of hydrogen-bond donors (Lipinski definition) is 0. The van der Waals surface area contributed by atoms with Gasteiger partial charge in [0.1, 0.15) is 22.5 Å². The molecule has 2 aliphatic heterocycles. The highest BCUT2D eigenvalue weighted by Crippen LogP contribution is 2.45. The van der Waals surface area contributed by atoms with E-state index in [1.165, 1.54) is 17.8 Å². The molecule has 1 saturated heterocycles. The van der Waals surface area contributed by atoms with Gasteiger partial charge in [0, 0.05) is 38.0 Å². The second kappa shape index (κ2) is 11.0. The predicted molar refractivity (Wildman–Crippen MR) is 141 cm³/mol. The summed E-state index contributed by atoms with van der Waals surface area (Å²) < 4.78 is 15.0. The summed E-state index contributed by atoms with van der Waals surface area (Å²) in [5, 5.41) is 12.3. The summed E-state index contributed by atoms with van der Waals surface area (Å²) in [6, 6.07) is 16.3. The molecule has 0 bridgehead atoms. The molecule has 0 N–H and O–H groups in total. The Morgan fingerprint density at radius 2 is 1.67 bits per heavy atom. The minimum Gasteiger partial charge on any atom is -0.339 e. The van der Waals surface area contributed by atoms with Crippen LogP contribution in [-0.4, -0.2) is 47.8 Å². The quantitative estimate of drug-likeness (QED) is 0.417. The van der Waals surface area contributed by atoms with Gasteiger partial charge in [-0.15, -0.1) is 0 Å². The standard InChI is InChI=1S/C28H29FN4O2S/c1-19(2)16-26(34)31-12-14-32(15-13-31)27(35)22(17-30)28-33(24-7-5-4-6-23(24)29)25(18-36-28)21-10-8-20(3)9-11-21/h4-11,18-19H,12-16H2,1-3H3. The molecule has 2 amide bonds. The maximum Gasteiger partial charge on any atom is 0.267 e. The van der Waals surface area contributed by atoms with Crippen LogP contribution in [0.3, 0.4) is 0 Å². The summed E-state index contributed by atoms with van der Waals surface area (Å²) in [5.74, 6) is -0.501. The Hall–Kier alpha value is -3.57. The van der Waals surface area contributed by atoms with Crippen LogP contribution in [0.5, 0.6) is 0 Å². The molecule has 1 fully saturated rings. The summed E-state index contributed by atoms with van der Waals surface area (Å²) in [6.07, 6.45) is 0.475. The number of rotatable bonds is 5. The molecule has 0 spiro atoms. The Bertz CT molecular complexity index is 1260. The molecule has 6 nitrogen and oxygen atoms in total. The lowest BCUT2D eigenvalue weighted by Gasteiger charge is -2.35. The van der Waals surface area contributed by atoms with Crippen molar-refractivity contribution in [2.75, 3.05) is 31.1 Å². The van der Waals surface area contributed by atoms with Gasteiger partial charge < -0.3 is 9.80 Å². The van der Waals surface area contributed by atoms with E-state index in [0.29, 0.717) is 43.3 Å². The number of para-hydroxylation sites is 1. The van der Waals surface area contributed by atoms with Crippen LogP contribution in [0.2, 0.25) is 0 Å². The number of piperazine rings is 1. The van der Waals surface area contributed by atoms with E-state index in [-0.39, 0.29) is 23.1 Å². The molecule has 0 aromatic heterocycles. The molecule has 0 saturated carbocycles. The fourth-order valence-corrected chi connectivity index (χ4v) is 5.29. The Morgan fingerprint density at radius 1 is 1.03 bits per heavy atom. The van der Waals surface area contributed by atoms with Crippen molar-refractivity contribution in [2.24, 2.45) is 5.92 Å². The molecule has 0 radical (unpaired) electrons. The number of benzene rings is 2. The van der Waals surface area contributed by atoms with Crippen molar-refractivity contribution in [2.45, 2.75) is 27.2 Å². The highest BCUT2D eigenvalue weighted by molar-refractivity contribution is 8.06. The molecule has 2 aromatic carbocycles. The van der Waals surface area contributed by atoms with Gasteiger partial charge in [0.2, 0.25) is 5.91 Å². The average Bonchev–Trinajstić information content (AvgIpc) is 3.29. The van der Waals surface area contributed by atoms with E-state index in [0.717, 1.165) is 11.1 Å². The zero-order valence-corrected chi connectivity index (χ0v) is 21.5. The third-order valence-electron chi connectivity index (χ3n) is 6.21. The molecule has 4 rings (SSSR count). The van der Waals surface area contributed by atoms with Gasteiger partial charge in [-0.05, 0) is 30.5 Å². The molecule has 2 heterocycles. The molecule has 2 aromatic rings. The third kappa shape index (κ3) is 5.31. The van der Waals surface area contributed by atoms with Crippen molar-refractivity contribution in [3.63, 3.8) is 0 Å². The SMILES string of the molecule is Cc1ccc(C2=CSC(=C(C#N)C(=O)N3CCN(C(=O)CC(C)C)CC3)N2c2ccccc2F)cc1. The largest absolute Gasteiger partial charge is 0.339 e. The van der Waals surface area contributed by atoms with Gasteiger partial charge >= 0.3 is 0 Å². The second-order valence-corrected chi connectivity index (χ2v) is 10.2. The fourth-order valence-electron chi connectivity index (χ4n) is 4.27. The molecular formula is C28H29FN4O2S. The van der Waals surface area contributed by atoms with Crippen LogP contribution in [0.25, 0.3) is 5.70 Å². The monoisotopic (exact) mass is 504 g/mol. The molecule has 2 aliphatic rings. The van der Waals surface area contributed by atoms with Gasteiger partial charge in [-0.2, -0.15) is 5.26 Å². The highest BCUT2D eigenvalue weighted by atomic mass is 32.2. The Morgan fingerprint density at radius 3 is 2.28 bits per heavy atom. The van der Waals surface area contributed by atoms with Gasteiger partial charge in [-0.25, -0.2) is 4.39 Å². The number of aryl methyl sites for hydroxylation is 1. The number of thioether (sulfide) groups is 1. The smallest absolute Gasteiger partial charge is 0.267 e. The van der Waals surface area contributed by atoms with Crippen LogP contribution >= 0.6 is 11.8 Å².